The van der Waals surface area contributed by atoms with Crippen molar-refractivity contribution in [1.82, 2.24) is 0 Å². The molecule has 0 saturated carbocycles. The number of halogens is 1. The Balaban J connectivity index is 2.58. The Morgan fingerprint density at radius 1 is 1.33 bits per heavy atom. The monoisotopic (exact) mass is 179 g/mol. The van der Waals surface area contributed by atoms with E-state index < -0.39 is 0 Å². The van der Waals surface area contributed by atoms with Gasteiger partial charge in [-0.1, -0.05) is 18.2 Å². The van der Waals surface area contributed by atoms with Gasteiger partial charge in [-0.3, -0.25) is 0 Å². The van der Waals surface area contributed by atoms with E-state index in [9.17, 15) is 0 Å². The molecule has 0 amide bonds. The molecule has 0 aromatic heterocycles. The van der Waals surface area contributed by atoms with Gasteiger partial charge in [-0.15, -0.1) is 11.6 Å². The van der Waals surface area contributed by atoms with Crippen molar-refractivity contribution in [3.8, 4) is 0 Å². The number of alkyl halides is 1. The molecule has 2 rings (SSSR count). The first-order valence-corrected chi connectivity index (χ1v) is 4.30. The SMILES string of the molecule is CC1(Cl)C=CNc2ccccc21. The summed E-state index contributed by atoms with van der Waals surface area (Å²) >= 11 is 6.28. The van der Waals surface area contributed by atoms with Gasteiger partial charge >= 0.3 is 0 Å². The van der Waals surface area contributed by atoms with Gasteiger partial charge in [0.15, 0.2) is 0 Å². The summed E-state index contributed by atoms with van der Waals surface area (Å²) in [6.07, 6.45) is 3.84. The van der Waals surface area contributed by atoms with Gasteiger partial charge < -0.3 is 5.32 Å². The van der Waals surface area contributed by atoms with Crippen LogP contribution in [0, 0.1) is 0 Å². The van der Waals surface area contributed by atoms with Crippen LogP contribution in [0.1, 0.15) is 12.5 Å². The Kier molecular flexibility index (Phi) is 1.62. The van der Waals surface area contributed by atoms with Gasteiger partial charge in [-0.25, -0.2) is 0 Å². The number of allylic oxidation sites excluding steroid dienone is 1. The van der Waals surface area contributed by atoms with Crippen molar-refractivity contribution >= 4 is 17.3 Å². The summed E-state index contributed by atoms with van der Waals surface area (Å²) in [6, 6.07) is 8.07. The highest BCUT2D eigenvalue weighted by Crippen LogP contribution is 2.37. The van der Waals surface area contributed by atoms with Crippen molar-refractivity contribution in [3.63, 3.8) is 0 Å². The van der Waals surface area contributed by atoms with Crippen LogP contribution >= 0.6 is 11.6 Å². The van der Waals surface area contributed by atoms with Crippen molar-refractivity contribution < 1.29 is 0 Å². The molecular weight excluding hydrogens is 170 g/mol. The maximum absolute atomic E-state index is 6.28. The van der Waals surface area contributed by atoms with Crippen molar-refractivity contribution in [2.75, 3.05) is 5.32 Å². The van der Waals surface area contributed by atoms with Crippen molar-refractivity contribution in [3.05, 3.63) is 42.1 Å². The average Bonchev–Trinajstić information content (AvgIpc) is 2.04. The lowest BCUT2D eigenvalue weighted by Gasteiger charge is -2.25. The molecule has 1 aromatic rings. The average molecular weight is 180 g/mol. The summed E-state index contributed by atoms with van der Waals surface area (Å²) < 4.78 is 0. The molecule has 1 heterocycles. The molecule has 1 N–H and O–H groups in total. The minimum Gasteiger partial charge on any atom is -0.362 e. The number of para-hydroxylation sites is 1. The zero-order chi connectivity index (χ0) is 8.60. The maximum Gasteiger partial charge on any atom is 0.0883 e. The first kappa shape index (κ1) is 7.69. The first-order valence-electron chi connectivity index (χ1n) is 3.93. The van der Waals surface area contributed by atoms with Crippen LogP contribution in [0.5, 0.6) is 0 Å². The van der Waals surface area contributed by atoms with Crippen LogP contribution in [0.2, 0.25) is 0 Å². The molecule has 1 aliphatic heterocycles. The molecule has 2 heteroatoms. The van der Waals surface area contributed by atoms with Crippen molar-refractivity contribution in [1.29, 1.82) is 0 Å². The van der Waals surface area contributed by atoms with E-state index in [2.05, 4.69) is 5.32 Å². The predicted octanol–water partition coefficient (Wildman–Crippen LogP) is 3.08. The smallest absolute Gasteiger partial charge is 0.0883 e. The number of rotatable bonds is 0. The highest BCUT2D eigenvalue weighted by Gasteiger charge is 2.24. The second-order valence-corrected chi connectivity index (χ2v) is 3.88. The number of hydrogen-bond acceptors (Lipinski definition) is 1. The standard InChI is InChI=1S/C10H10ClN/c1-10(11)6-7-12-9-5-3-2-4-8(9)10/h2-7,12H,1H3. The molecule has 1 unspecified atom stereocenters. The van der Waals surface area contributed by atoms with E-state index in [0.717, 1.165) is 11.3 Å². The van der Waals surface area contributed by atoms with Gasteiger partial charge in [0, 0.05) is 11.3 Å². The lowest BCUT2D eigenvalue weighted by Crippen LogP contribution is -2.16. The van der Waals surface area contributed by atoms with E-state index in [1.54, 1.807) is 0 Å². The second kappa shape index (κ2) is 2.53. The van der Waals surface area contributed by atoms with Crippen LogP contribution in [0.4, 0.5) is 5.69 Å². The minimum atomic E-state index is -0.359. The third-order valence-corrected chi connectivity index (χ3v) is 2.42. The highest BCUT2D eigenvalue weighted by atomic mass is 35.5. The Labute approximate surface area is 77.0 Å². The van der Waals surface area contributed by atoms with E-state index in [4.69, 9.17) is 11.6 Å². The highest BCUT2D eigenvalue weighted by molar-refractivity contribution is 6.25. The number of anilines is 1. The molecule has 0 aliphatic carbocycles. The van der Waals surface area contributed by atoms with Crippen LogP contribution in [0.3, 0.4) is 0 Å². The summed E-state index contributed by atoms with van der Waals surface area (Å²) in [6.45, 7) is 1.99. The molecule has 62 valence electrons. The van der Waals surface area contributed by atoms with Gasteiger partial charge in [0.05, 0.1) is 4.87 Å². The van der Waals surface area contributed by atoms with Crippen LogP contribution in [0.15, 0.2) is 36.5 Å². The first-order chi connectivity index (χ1) is 5.70. The molecular formula is C10H10ClN. The number of hydrogen-bond donors (Lipinski definition) is 1. The number of fused-ring (bicyclic) bond motifs is 1. The van der Waals surface area contributed by atoms with E-state index in [-0.39, 0.29) is 4.87 Å². The van der Waals surface area contributed by atoms with Gasteiger partial charge in [0.25, 0.3) is 0 Å². The molecule has 0 fully saturated rings. The molecule has 1 aliphatic rings. The van der Waals surface area contributed by atoms with E-state index >= 15 is 0 Å². The van der Waals surface area contributed by atoms with Crippen LogP contribution in [0.25, 0.3) is 0 Å². The van der Waals surface area contributed by atoms with Gasteiger partial charge in [0.1, 0.15) is 0 Å². The fourth-order valence-electron chi connectivity index (χ4n) is 1.41. The minimum absolute atomic E-state index is 0.359. The lowest BCUT2D eigenvalue weighted by molar-refractivity contribution is 0.852. The quantitative estimate of drug-likeness (QED) is 0.604. The number of nitrogens with one attached hydrogen (secondary N) is 1. The number of benzene rings is 1. The van der Waals surface area contributed by atoms with Crippen LogP contribution < -0.4 is 5.32 Å². The molecule has 1 nitrogen and oxygen atoms in total. The van der Waals surface area contributed by atoms with Gasteiger partial charge in [0.2, 0.25) is 0 Å². The molecule has 1 aromatic carbocycles. The predicted molar refractivity (Wildman–Crippen MR) is 52.4 cm³/mol. The summed E-state index contributed by atoms with van der Waals surface area (Å²) in [7, 11) is 0. The lowest BCUT2D eigenvalue weighted by atomic mass is 9.96. The fraction of sp³-hybridized carbons (Fsp3) is 0.200. The summed E-state index contributed by atoms with van der Waals surface area (Å²) in [5.74, 6) is 0. The third kappa shape index (κ3) is 1.10. The van der Waals surface area contributed by atoms with E-state index in [0.29, 0.717) is 0 Å². The van der Waals surface area contributed by atoms with E-state index in [1.165, 1.54) is 0 Å². The fourth-order valence-corrected chi connectivity index (χ4v) is 1.64. The normalized spacial score (nSPS) is 26.2. The molecule has 0 bridgehead atoms. The third-order valence-electron chi connectivity index (χ3n) is 2.09. The summed E-state index contributed by atoms with van der Waals surface area (Å²) in [5.41, 5.74) is 2.23. The summed E-state index contributed by atoms with van der Waals surface area (Å²) in [4.78, 5) is -0.359. The molecule has 1 atom stereocenters. The van der Waals surface area contributed by atoms with Crippen molar-refractivity contribution in [2.45, 2.75) is 11.8 Å². The zero-order valence-electron chi connectivity index (χ0n) is 6.84. The zero-order valence-corrected chi connectivity index (χ0v) is 7.60. The van der Waals surface area contributed by atoms with Gasteiger partial charge in [-0.2, -0.15) is 0 Å². The van der Waals surface area contributed by atoms with Crippen molar-refractivity contribution in [2.24, 2.45) is 0 Å². The Morgan fingerprint density at radius 3 is 2.83 bits per heavy atom. The Hall–Kier alpha value is -0.950. The van der Waals surface area contributed by atoms with E-state index in [1.807, 2.05) is 43.5 Å². The summed E-state index contributed by atoms with van der Waals surface area (Å²) in [5, 5.41) is 3.15. The molecule has 0 radical (unpaired) electrons. The van der Waals surface area contributed by atoms with Crippen LogP contribution in [-0.2, 0) is 4.87 Å². The topological polar surface area (TPSA) is 12.0 Å². The van der Waals surface area contributed by atoms with Crippen LogP contribution in [-0.4, -0.2) is 0 Å². The molecule has 0 saturated heterocycles. The Bertz CT molecular complexity index is 328. The van der Waals surface area contributed by atoms with Gasteiger partial charge in [-0.05, 0) is 25.3 Å². The molecule has 12 heavy (non-hydrogen) atoms. The second-order valence-electron chi connectivity index (χ2n) is 3.10. The largest absolute Gasteiger partial charge is 0.362 e. The molecule has 0 spiro atoms. The Morgan fingerprint density at radius 2 is 2.08 bits per heavy atom. The maximum atomic E-state index is 6.28.